The Morgan fingerprint density at radius 1 is 1.03 bits per heavy atom. The van der Waals surface area contributed by atoms with Crippen LogP contribution < -0.4 is 15.4 Å². The number of esters is 1. The fourth-order valence-corrected chi connectivity index (χ4v) is 3.28. The summed E-state index contributed by atoms with van der Waals surface area (Å²) in [6.45, 7) is 8.46. The fraction of sp³-hybridized carbons (Fsp3) is 0.333. The number of hydrogen-bond acceptors (Lipinski definition) is 4. The van der Waals surface area contributed by atoms with E-state index in [2.05, 4.69) is 31.4 Å². The Hall–Kier alpha value is -3.28. The minimum Gasteiger partial charge on any atom is -0.487 e. The van der Waals surface area contributed by atoms with Gasteiger partial charge in [0.2, 0.25) is 0 Å². The van der Waals surface area contributed by atoms with Gasteiger partial charge in [0.25, 0.3) is 0 Å². The number of nitrogens with one attached hydrogen (secondary N) is 2. The molecular formula is C24H28N2O4. The molecule has 0 fully saturated rings. The molecule has 2 N–H and O–H groups in total. The number of benzene rings is 2. The summed E-state index contributed by atoms with van der Waals surface area (Å²) in [5.74, 6) is 0.170. The molecule has 0 bridgehead atoms. The van der Waals surface area contributed by atoms with Crippen molar-refractivity contribution in [3.63, 3.8) is 0 Å². The SMILES string of the molecule is CCOC(=O)C1=C(COc2ccc(C(C)(C)C)cc2)NC(=O)N[C@H]1c1ccccc1. The highest BCUT2D eigenvalue weighted by Crippen LogP contribution is 2.29. The highest BCUT2D eigenvalue weighted by molar-refractivity contribution is 5.95. The summed E-state index contributed by atoms with van der Waals surface area (Å²) in [7, 11) is 0. The molecule has 2 amide bonds. The lowest BCUT2D eigenvalue weighted by molar-refractivity contribution is -0.139. The van der Waals surface area contributed by atoms with Crippen molar-refractivity contribution in [2.24, 2.45) is 0 Å². The minimum absolute atomic E-state index is 0.0414. The second kappa shape index (κ2) is 9.03. The Balaban J connectivity index is 1.89. The van der Waals surface area contributed by atoms with Gasteiger partial charge in [0, 0.05) is 0 Å². The van der Waals surface area contributed by atoms with Crippen molar-refractivity contribution in [1.29, 1.82) is 0 Å². The van der Waals surface area contributed by atoms with E-state index in [4.69, 9.17) is 9.47 Å². The largest absolute Gasteiger partial charge is 0.487 e. The number of carbonyl (C=O) groups excluding carboxylic acids is 2. The van der Waals surface area contributed by atoms with Gasteiger partial charge < -0.3 is 20.1 Å². The van der Waals surface area contributed by atoms with Crippen molar-refractivity contribution in [1.82, 2.24) is 10.6 Å². The first kappa shape index (κ1) is 21.4. The molecule has 3 rings (SSSR count). The molecule has 1 aliphatic heterocycles. The number of rotatable bonds is 6. The van der Waals surface area contributed by atoms with Crippen LogP contribution in [-0.2, 0) is 14.9 Å². The molecule has 0 radical (unpaired) electrons. The van der Waals surface area contributed by atoms with Crippen LogP contribution in [0.15, 0.2) is 65.9 Å². The van der Waals surface area contributed by atoms with Gasteiger partial charge in [0.05, 0.1) is 23.9 Å². The van der Waals surface area contributed by atoms with E-state index in [9.17, 15) is 9.59 Å². The first-order valence-electron chi connectivity index (χ1n) is 10.1. The summed E-state index contributed by atoms with van der Waals surface area (Å²) in [5, 5.41) is 5.53. The summed E-state index contributed by atoms with van der Waals surface area (Å²) in [5.41, 5.74) is 2.77. The lowest BCUT2D eigenvalue weighted by Gasteiger charge is -2.29. The monoisotopic (exact) mass is 408 g/mol. The molecule has 158 valence electrons. The molecule has 2 aromatic carbocycles. The number of urea groups is 1. The van der Waals surface area contributed by atoms with Crippen LogP contribution in [-0.4, -0.2) is 25.2 Å². The van der Waals surface area contributed by atoms with Gasteiger partial charge in [-0.25, -0.2) is 9.59 Å². The van der Waals surface area contributed by atoms with Gasteiger partial charge in [-0.2, -0.15) is 0 Å². The van der Waals surface area contributed by atoms with Crippen LogP contribution >= 0.6 is 0 Å². The van der Waals surface area contributed by atoms with E-state index in [1.54, 1.807) is 6.92 Å². The molecule has 6 nitrogen and oxygen atoms in total. The van der Waals surface area contributed by atoms with Crippen LogP contribution in [0.4, 0.5) is 4.79 Å². The molecule has 6 heteroatoms. The van der Waals surface area contributed by atoms with E-state index in [-0.39, 0.29) is 18.6 Å². The van der Waals surface area contributed by atoms with Gasteiger partial charge in [-0.3, -0.25) is 0 Å². The number of carbonyl (C=O) groups is 2. The van der Waals surface area contributed by atoms with Crippen LogP contribution in [0.1, 0.15) is 44.9 Å². The Bertz CT molecular complexity index is 928. The normalized spacial score (nSPS) is 16.5. The Kier molecular flexibility index (Phi) is 6.45. The van der Waals surface area contributed by atoms with E-state index < -0.39 is 18.0 Å². The number of ether oxygens (including phenoxy) is 2. The van der Waals surface area contributed by atoms with Crippen molar-refractivity contribution < 1.29 is 19.1 Å². The maximum Gasteiger partial charge on any atom is 0.338 e. The first-order chi connectivity index (χ1) is 14.3. The Morgan fingerprint density at radius 2 is 1.70 bits per heavy atom. The zero-order chi connectivity index (χ0) is 21.7. The maximum atomic E-state index is 12.7. The molecule has 1 aliphatic rings. The van der Waals surface area contributed by atoms with Crippen molar-refractivity contribution >= 4 is 12.0 Å². The van der Waals surface area contributed by atoms with Crippen molar-refractivity contribution in [3.05, 3.63) is 77.0 Å². The summed E-state index contributed by atoms with van der Waals surface area (Å²) in [6, 6.07) is 16.1. The van der Waals surface area contributed by atoms with Gasteiger partial charge in [-0.15, -0.1) is 0 Å². The summed E-state index contributed by atoms with van der Waals surface area (Å²) in [6.07, 6.45) is 0. The van der Waals surface area contributed by atoms with Crippen LogP contribution in [0.2, 0.25) is 0 Å². The number of hydrogen-bond donors (Lipinski definition) is 2. The predicted octanol–water partition coefficient (Wildman–Crippen LogP) is 4.23. The van der Waals surface area contributed by atoms with Crippen molar-refractivity contribution in [2.45, 2.75) is 39.2 Å². The number of amides is 2. The van der Waals surface area contributed by atoms with Crippen LogP contribution in [0.3, 0.4) is 0 Å². The van der Waals surface area contributed by atoms with E-state index in [1.165, 1.54) is 5.56 Å². The quantitative estimate of drug-likeness (QED) is 0.701. The molecule has 0 spiro atoms. The molecular weight excluding hydrogens is 380 g/mol. The molecule has 2 aromatic rings. The zero-order valence-electron chi connectivity index (χ0n) is 17.8. The van der Waals surface area contributed by atoms with E-state index in [0.29, 0.717) is 17.0 Å². The summed E-state index contributed by atoms with van der Waals surface area (Å²) in [4.78, 5) is 25.0. The average molecular weight is 408 g/mol. The second-order valence-electron chi connectivity index (χ2n) is 8.12. The van der Waals surface area contributed by atoms with Crippen LogP contribution in [0, 0.1) is 0 Å². The molecule has 30 heavy (non-hydrogen) atoms. The van der Waals surface area contributed by atoms with Gasteiger partial charge in [-0.1, -0.05) is 63.2 Å². The second-order valence-corrected chi connectivity index (χ2v) is 8.12. The Labute approximate surface area is 177 Å². The highest BCUT2D eigenvalue weighted by atomic mass is 16.5. The smallest absolute Gasteiger partial charge is 0.338 e. The average Bonchev–Trinajstić information content (AvgIpc) is 2.72. The summed E-state index contributed by atoms with van der Waals surface area (Å²) < 4.78 is 11.2. The molecule has 0 aromatic heterocycles. The van der Waals surface area contributed by atoms with Crippen LogP contribution in [0.5, 0.6) is 5.75 Å². The summed E-state index contributed by atoms with van der Waals surface area (Å²) >= 11 is 0. The van der Waals surface area contributed by atoms with Gasteiger partial charge in [0.15, 0.2) is 0 Å². The van der Waals surface area contributed by atoms with Gasteiger partial charge in [0.1, 0.15) is 12.4 Å². The lowest BCUT2D eigenvalue weighted by atomic mass is 9.87. The highest BCUT2D eigenvalue weighted by Gasteiger charge is 2.33. The maximum absolute atomic E-state index is 12.7. The van der Waals surface area contributed by atoms with E-state index >= 15 is 0 Å². The molecule has 1 atom stereocenters. The predicted molar refractivity (Wildman–Crippen MR) is 115 cm³/mol. The third kappa shape index (κ3) is 5.00. The molecule has 0 saturated carbocycles. The van der Waals surface area contributed by atoms with Gasteiger partial charge in [-0.05, 0) is 35.6 Å². The molecule has 0 unspecified atom stereocenters. The standard InChI is InChI=1S/C24H28N2O4/c1-5-29-22(27)20-19(15-30-18-13-11-17(12-14-18)24(2,3)4)25-23(28)26-21(20)16-9-7-6-8-10-16/h6-14,21H,5,15H2,1-4H3,(H2,25,26,28)/t21-/m0/s1. The third-order valence-electron chi connectivity index (χ3n) is 4.89. The fourth-order valence-electron chi connectivity index (χ4n) is 3.28. The molecule has 0 saturated heterocycles. The zero-order valence-corrected chi connectivity index (χ0v) is 17.8. The third-order valence-corrected chi connectivity index (χ3v) is 4.89. The lowest BCUT2D eigenvalue weighted by Crippen LogP contribution is -2.47. The van der Waals surface area contributed by atoms with E-state index in [1.807, 2.05) is 54.6 Å². The Morgan fingerprint density at radius 3 is 2.30 bits per heavy atom. The topological polar surface area (TPSA) is 76.7 Å². The van der Waals surface area contributed by atoms with E-state index in [0.717, 1.165) is 5.56 Å². The van der Waals surface area contributed by atoms with Gasteiger partial charge >= 0.3 is 12.0 Å². The first-order valence-corrected chi connectivity index (χ1v) is 10.1. The van der Waals surface area contributed by atoms with Crippen molar-refractivity contribution in [2.75, 3.05) is 13.2 Å². The molecule has 1 heterocycles. The van der Waals surface area contributed by atoms with Crippen LogP contribution in [0.25, 0.3) is 0 Å². The minimum atomic E-state index is -0.610. The molecule has 0 aliphatic carbocycles. The van der Waals surface area contributed by atoms with Crippen molar-refractivity contribution in [3.8, 4) is 5.75 Å².